The van der Waals surface area contributed by atoms with Crippen molar-refractivity contribution in [2.24, 2.45) is 0 Å². The van der Waals surface area contributed by atoms with Crippen LogP contribution in [0.2, 0.25) is 0 Å². The van der Waals surface area contributed by atoms with E-state index in [1.807, 2.05) is 19.2 Å². The summed E-state index contributed by atoms with van der Waals surface area (Å²) in [5.74, 6) is -0.375. The molecule has 1 amide bonds. The Morgan fingerprint density at radius 2 is 2.10 bits per heavy atom. The fraction of sp³-hybridized carbons (Fsp3) is 0.417. The van der Waals surface area contributed by atoms with Crippen molar-refractivity contribution < 1.29 is 9.72 Å². The van der Waals surface area contributed by atoms with Gasteiger partial charge in [0.2, 0.25) is 5.91 Å². The normalized spacial score (nSPS) is 10.5. The van der Waals surface area contributed by atoms with E-state index in [2.05, 4.69) is 15.5 Å². The van der Waals surface area contributed by atoms with Crippen molar-refractivity contribution in [3.05, 3.63) is 40.3 Å². The number of nitro groups is 1. The second kappa shape index (κ2) is 6.64. The molecule has 0 saturated carbocycles. The second-order valence-corrected chi connectivity index (χ2v) is 4.38. The van der Waals surface area contributed by atoms with E-state index in [9.17, 15) is 14.9 Å². The van der Waals surface area contributed by atoms with Crippen LogP contribution in [-0.4, -0.2) is 30.4 Å². The number of hydrogen-bond acceptors (Lipinski definition) is 5. The van der Waals surface area contributed by atoms with Gasteiger partial charge in [0.25, 0.3) is 0 Å². The zero-order valence-electron chi connectivity index (χ0n) is 11.6. The Labute approximate surface area is 120 Å². The number of hydrogen-bond donors (Lipinski definition) is 1. The topological polar surface area (TPSA) is 108 Å². The van der Waals surface area contributed by atoms with Crippen LogP contribution in [0.15, 0.2) is 24.5 Å². The molecule has 1 N–H and O–H groups in total. The van der Waals surface area contributed by atoms with Crippen molar-refractivity contribution >= 4 is 11.7 Å². The van der Waals surface area contributed by atoms with E-state index in [-0.39, 0.29) is 18.1 Å². The van der Waals surface area contributed by atoms with Crippen LogP contribution < -0.4 is 5.32 Å². The summed E-state index contributed by atoms with van der Waals surface area (Å²) in [6.07, 6.45) is 3.53. The van der Waals surface area contributed by atoms with Crippen LogP contribution in [0.1, 0.15) is 19.0 Å². The minimum Gasteiger partial charge on any atom is -0.358 e. The van der Waals surface area contributed by atoms with Crippen LogP contribution in [0.4, 0.5) is 5.82 Å². The first-order chi connectivity index (χ1) is 10.1. The van der Waals surface area contributed by atoms with Crippen LogP contribution in [0.25, 0.3) is 0 Å². The molecule has 21 heavy (non-hydrogen) atoms. The minimum absolute atomic E-state index is 0.154. The van der Waals surface area contributed by atoms with Gasteiger partial charge in [0.1, 0.15) is 0 Å². The molecule has 0 aromatic carbocycles. The first kappa shape index (κ1) is 14.7. The third-order valence-corrected chi connectivity index (χ3v) is 2.87. The Hall–Kier alpha value is -2.71. The number of aromatic nitrogens is 4. The molecule has 0 radical (unpaired) electrons. The van der Waals surface area contributed by atoms with Crippen molar-refractivity contribution in [2.75, 3.05) is 0 Å². The molecule has 112 valence electrons. The quantitative estimate of drug-likeness (QED) is 0.597. The molecular formula is C12H16N6O3. The lowest BCUT2D eigenvalue weighted by Gasteiger charge is -2.02. The summed E-state index contributed by atoms with van der Waals surface area (Å²) in [4.78, 5) is 21.6. The van der Waals surface area contributed by atoms with Crippen molar-refractivity contribution in [1.82, 2.24) is 24.9 Å². The predicted octanol–water partition coefficient (Wildman–Crippen LogP) is 0.714. The molecule has 0 bridgehead atoms. The minimum atomic E-state index is -0.569. The van der Waals surface area contributed by atoms with E-state index in [4.69, 9.17) is 0 Å². The van der Waals surface area contributed by atoms with E-state index in [0.29, 0.717) is 13.1 Å². The molecule has 9 heteroatoms. The van der Waals surface area contributed by atoms with Crippen LogP contribution in [0, 0.1) is 10.1 Å². The van der Waals surface area contributed by atoms with Crippen LogP contribution >= 0.6 is 0 Å². The molecule has 2 aromatic rings. The van der Waals surface area contributed by atoms with Crippen molar-refractivity contribution in [3.8, 4) is 0 Å². The highest BCUT2D eigenvalue weighted by atomic mass is 16.6. The Bertz CT molecular complexity index is 632. The van der Waals surface area contributed by atoms with Gasteiger partial charge < -0.3 is 15.4 Å². The van der Waals surface area contributed by atoms with Gasteiger partial charge in [-0.25, -0.2) is 0 Å². The molecule has 0 unspecified atom stereocenters. The average Bonchev–Trinajstić information content (AvgIpc) is 3.11. The number of carbonyl (C=O) groups excluding carboxylic acids is 1. The predicted molar refractivity (Wildman–Crippen MR) is 73.2 cm³/mol. The van der Waals surface area contributed by atoms with Gasteiger partial charge in [-0.05, 0) is 17.9 Å². The van der Waals surface area contributed by atoms with Crippen molar-refractivity contribution in [2.45, 2.75) is 33.0 Å². The molecule has 0 aliphatic carbocycles. The Morgan fingerprint density at radius 3 is 2.71 bits per heavy atom. The molecule has 2 aromatic heterocycles. The zero-order valence-corrected chi connectivity index (χ0v) is 11.6. The SMILES string of the molecule is CCn1ccc(CNC(=O)CCn2ccc([N+](=O)[O-])n2)n1. The molecule has 9 nitrogen and oxygen atoms in total. The van der Waals surface area contributed by atoms with Gasteiger partial charge in [0.05, 0.1) is 36.1 Å². The molecule has 2 heterocycles. The average molecular weight is 292 g/mol. The van der Waals surface area contributed by atoms with E-state index >= 15 is 0 Å². The summed E-state index contributed by atoms with van der Waals surface area (Å²) in [7, 11) is 0. The van der Waals surface area contributed by atoms with Gasteiger partial charge in [-0.3, -0.25) is 9.48 Å². The summed E-state index contributed by atoms with van der Waals surface area (Å²) in [5, 5.41) is 21.2. The highest BCUT2D eigenvalue weighted by Crippen LogP contribution is 2.05. The van der Waals surface area contributed by atoms with Gasteiger partial charge in [0.15, 0.2) is 0 Å². The number of rotatable bonds is 7. The van der Waals surface area contributed by atoms with Gasteiger partial charge in [-0.1, -0.05) is 0 Å². The van der Waals surface area contributed by atoms with Gasteiger partial charge in [-0.15, -0.1) is 0 Å². The lowest BCUT2D eigenvalue weighted by atomic mass is 10.3. The Balaban J connectivity index is 1.75. The van der Waals surface area contributed by atoms with Gasteiger partial charge in [-0.2, -0.15) is 9.78 Å². The molecule has 0 spiro atoms. The van der Waals surface area contributed by atoms with E-state index in [0.717, 1.165) is 12.2 Å². The summed E-state index contributed by atoms with van der Waals surface area (Å²) in [6, 6.07) is 3.15. The number of aryl methyl sites for hydroxylation is 2. The highest BCUT2D eigenvalue weighted by molar-refractivity contribution is 5.75. The largest absolute Gasteiger partial charge is 0.389 e. The number of nitrogens with one attached hydrogen (secondary N) is 1. The highest BCUT2D eigenvalue weighted by Gasteiger charge is 2.11. The third-order valence-electron chi connectivity index (χ3n) is 2.87. The van der Waals surface area contributed by atoms with Gasteiger partial charge in [0, 0.05) is 19.2 Å². The second-order valence-electron chi connectivity index (χ2n) is 4.38. The smallest absolute Gasteiger partial charge is 0.358 e. The van der Waals surface area contributed by atoms with Crippen LogP contribution in [0.3, 0.4) is 0 Å². The Kier molecular flexibility index (Phi) is 4.64. The lowest BCUT2D eigenvalue weighted by molar-refractivity contribution is -0.389. The Morgan fingerprint density at radius 1 is 1.33 bits per heavy atom. The first-order valence-corrected chi connectivity index (χ1v) is 6.55. The van der Waals surface area contributed by atoms with Gasteiger partial charge >= 0.3 is 5.82 Å². The zero-order chi connectivity index (χ0) is 15.2. The summed E-state index contributed by atoms with van der Waals surface area (Å²) in [6.45, 7) is 3.43. The van der Waals surface area contributed by atoms with Crippen molar-refractivity contribution in [1.29, 1.82) is 0 Å². The third kappa shape index (κ3) is 4.13. The molecule has 0 saturated heterocycles. The molecule has 0 aliphatic rings. The maximum absolute atomic E-state index is 11.7. The summed E-state index contributed by atoms with van der Waals surface area (Å²) in [5.41, 5.74) is 0.792. The van der Waals surface area contributed by atoms with E-state index in [1.165, 1.54) is 16.9 Å². The summed E-state index contributed by atoms with van der Waals surface area (Å²) >= 11 is 0. The fourth-order valence-electron chi connectivity index (χ4n) is 1.74. The van der Waals surface area contributed by atoms with Crippen molar-refractivity contribution in [3.63, 3.8) is 0 Å². The van der Waals surface area contributed by atoms with E-state index < -0.39 is 4.92 Å². The maximum Gasteiger partial charge on any atom is 0.389 e. The van der Waals surface area contributed by atoms with Crippen LogP contribution in [-0.2, 0) is 24.4 Å². The molecule has 0 aliphatic heterocycles. The molecular weight excluding hydrogens is 276 g/mol. The summed E-state index contributed by atoms with van der Waals surface area (Å²) < 4.78 is 3.16. The number of nitrogens with zero attached hydrogens (tertiary/aromatic N) is 5. The lowest BCUT2D eigenvalue weighted by Crippen LogP contribution is -2.24. The monoisotopic (exact) mass is 292 g/mol. The maximum atomic E-state index is 11.7. The molecule has 0 fully saturated rings. The fourth-order valence-corrected chi connectivity index (χ4v) is 1.74. The molecule has 2 rings (SSSR count). The number of amides is 1. The standard InChI is InChI=1S/C12H16N6O3/c1-2-16-6-3-10(14-16)9-13-12(19)5-8-17-7-4-11(15-17)18(20)21/h3-4,6-7H,2,5,8-9H2,1H3,(H,13,19). The molecule has 0 atom stereocenters. The van der Waals surface area contributed by atoms with E-state index in [1.54, 1.807) is 4.68 Å². The first-order valence-electron chi connectivity index (χ1n) is 6.55. The van der Waals surface area contributed by atoms with Crippen LogP contribution in [0.5, 0.6) is 0 Å². The number of carbonyl (C=O) groups is 1.